The van der Waals surface area contributed by atoms with Gasteiger partial charge in [-0.05, 0) is 18.2 Å². The Morgan fingerprint density at radius 2 is 1.92 bits per heavy atom. The van der Waals surface area contributed by atoms with Gasteiger partial charge < -0.3 is 0 Å². The van der Waals surface area contributed by atoms with Crippen molar-refractivity contribution in [3.8, 4) is 0 Å². The van der Waals surface area contributed by atoms with Crippen LogP contribution in [0.15, 0.2) is 46.7 Å². The molecule has 2 rings (SSSR count). The van der Waals surface area contributed by atoms with Crippen molar-refractivity contribution in [3.05, 3.63) is 43.1 Å². The summed E-state index contributed by atoms with van der Waals surface area (Å²) < 4.78 is 0. The summed E-state index contributed by atoms with van der Waals surface area (Å²) in [7, 11) is 0. The fourth-order valence-corrected chi connectivity index (χ4v) is 1.55. The molecule has 2 aromatic heterocycles. The van der Waals surface area contributed by atoms with Gasteiger partial charge in [-0.15, -0.1) is 0 Å². The molecule has 0 bridgehead atoms. The fourth-order valence-electron chi connectivity index (χ4n) is 0.834. The van der Waals surface area contributed by atoms with Gasteiger partial charge in [-0.3, -0.25) is 4.98 Å². The quantitative estimate of drug-likeness (QED) is 0.674. The van der Waals surface area contributed by atoms with Crippen molar-refractivity contribution in [2.45, 2.75) is 9.92 Å². The zero-order valence-corrected chi connectivity index (χ0v) is 7.53. The molecule has 0 aromatic carbocycles. The lowest BCUT2D eigenvalue weighted by Gasteiger charge is -1.97. The summed E-state index contributed by atoms with van der Waals surface area (Å²) in [5, 5.41) is 0.890. The van der Waals surface area contributed by atoms with E-state index in [0.29, 0.717) is 0 Å². The van der Waals surface area contributed by atoms with Crippen LogP contribution in [-0.4, -0.2) is 15.0 Å². The van der Waals surface area contributed by atoms with Crippen molar-refractivity contribution in [2.24, 2.45) is 0 Å². The molecule has 0 saturated carbocycles. The van der Waals surface area contributed by atoms with Gasteiger partial charge in [0.2, 0.25) is 0 Å². The molecule has 0 aliphatic heterocycles. The predicted octanol–water partition coefficient (Wildman–Crippen LogP) is 1.82. The van der Waals surface area contributed by atoms with Gasteiger partial charge in [0, 0.05) is 23.5 Å². The zero-order chi connectivity index (χ0) is 8.93. The summed E-state index contributed by atoms with van der Waals surface area (Å²) in [6.07, 6.45) is 7.74. The monoisotopic (exact) mass is 188 g/mol. The molecule has 2 heterocycles. The number of nitrogens with zero attached hydrogens (tertiary/aromatic N) is 3. The first-order chi connectivity index (χ1) is 6.45. The van der Waals surface area contributed by atoms with Gasteiger partial charge in [0.25, 0.3) is 0 Å². The molecule has 0 spiro atoms. The van der Waals surface area contributed by atoms with Gasteiger partial charge in [-0.1, -0.05) is 11.8 Å². The molecule has 13 heavy (non-hydrogen) atoms. The van der Waals surface area contributed by atoms with Gasteiger partial charge >= 0.3 is 0 Å². The van der Waals surface area contributed by atoms with Crippen molar-refractivity contribution >= 4 is 11.8 Å². The Balaban J connectivity index is 2.16. The Morgan fingerprint density at radius 3 is 2.62 bits per heavy atom. The summed E-state index contributed by atoms with van der Waals surface area (Å²) in [6.45, 7) is 0. The molecule has 0 aliphatic rings. The maximum Gasteiger partial charge on any atom is 0.198 e. The van der Waals surface area contributed by atoms with Crippen LogP contribution < -0.4 is 0 Å². The Bertz CT molecular complexity index is 326. The Kier molecular flexibility index (Phi) is 2.52. The van der Waals surface area contributed by atoms with Gasteiger partial charge in [0.15, 0.2) is 6.33 Å². The Morgan fingerprint density at radius 1 is 1.08 bits per heavy atom. The van der Waals surface area contributed by atoms with Gasteiger partial charge in [-0.25, -0.2) is 9.97 Å². The van der Waals surface area contributed by atoms with Crippen LogP contribution in [0.25, 0.3) is 0 Å². The number of pyridine rings is 1. The molecule has 63 valence electrons. The van der Waals surface area contributed by atoms with E-state index in [0.717, 1.165) is 9.92 Å². The van der Waals surface area contributed by atoms with Gasteiger partial charge in [0.1, 0.15) is 5.03 Å². The van der Waals surface area contributed by atoms with Crippen LogP contribution in [0.3, 0.4) is 0 Å². The lowest BCUT2D eigenvalue weighted by molar-refractivity contribution is 1.03. The number of rotatable bonds is 2. The first kappa shape index (κ1) is 8.19. The maximum absolute atomic E-state index is 3.98. The van der Waals surface area contributed by atoms with Crippen molar-refractivity contribution in [3.63, 3.8) is 0 Å². The summed E-state index contributed by atoms with van der Waals surface area (Å²) in [6, 6.07) is 5.72. The predicted molar refractivity (Wildman–Crippen MR) is 49.2 cm³/mol. The molecule has 4 heteroatoms. The molecule has 0 amide bonds. The van der Waals surface area contributed by atoms with Crippen LogP contribution in [-0.2, 0) is 0 Å². The van der Waals surface area contributed by atoms with E-state index in [1.54, 1.807) is 30.4 Å². The molecule has 1 radical (unpaired) electrons. The lowest BCUT2D eigenvalue weighted by Crippen LogP contribution is -1.80. The highest BCUT2D eigenvalue weighted by atomic mass is 32.2. The van der Waals surface area contributed by atoms with Gasteiger partial charge in [-0.2, -0.15) is 0 Å². The van der Waals surface area contributed by atoms with Crippen molar-refractivity contribution in [2.75, 3.05) is 0 Å². The summed E-state index contributed by atoms with van der Waals surface area (Å²) >= 11 is 1.57. The Hall–Kier alpha value is -1.42. The first-order valence-corrected chi connectivity index (χ1v) is 4.54. The van der Waals surface area contributed by atoms with Crippen LogP contribution in [0.1, 0.15) is 0 Å². The average molecular weight is 188 g/mol. The third-order valence-electron chi connectivity index (χ3n) is 1.38. The fraction of sp³-hybridized carbons (Fsp3) is 0. The van der Waals surface area contributed by atoms with E-state index in [2.05, 4.69) is 21.3 Å². The topological polar surface area (TPSA) is 38.7 Å². The van der Waals surface area contributed by atoms with Crippen LogP contribution in [0.5, 0.6) is 0 Å². The molecule has 0 saturated heterocycles. The minimum atomic E-state index is 0.890. The van der Waals surface area contributed by atoms with E-state index in [1.807, 2.05) is 18.2 Å². The van der Waals surface area contributed by atoms with E-state index in [9.17, 15) is 0 Å². The van der Waals surface area contributed by atoms with Gasteiger partial charge in [0.05, 0.1) is 0 Å². The average Bonchev–Trinajstić information content (AvgIpc) is 2.21. The maximum atomic E-state index is 3.98. The highest BCUT2D eigenvalue weighted by Crippen LogP contribution is 2.23. The highest BCUT2D eigenvalue weighted by molar-refractivity contribution is 7.99. The second-order valence-corrected chi connectivity index (χ2v) is 3.37. The number of aromatic nitrogens is 3. The standard InChI is InChI=1S/C9H6N3S/c1-4-10-5-2-8(1)13-9-3-6-11-7-12-9/h1-6H. The minimum absolute atomic E-state index is 0.890. The van der Waals surface area contributed by atoms with Crippen LogP contribution in [0, 0.1) is 6.33 Å². The van der Waals surface area contributed by atoms with Crippen LogP contribution in [0.2, 0.25) is 0 Å². The van der Waals surface area contributed by atoms with Crippen LogP contribution in [0.4, 0.5) is 0 Å². The molecule has 0 fully saturated rings. The Labute approximate surface area is 80.3 Å². The van der Waals surface area contributed by atoms with E-state index in [1.165, 1.54) is 0 Å². The third kappa shape index (κ3) is 2.26. The second-order valence-electron chi connectivity index (χ2n) is 2.28. The zero-order valence-electron chi connectivity index (χ0n) is 6.71. The number of hydrogen-bond donors (Lipinski definition) is 0. The molecule has 0 unspecified atom stereocenters. The van der Waals surface area contributed by atoms with Crippen molar-refractivity contribution in [1.82, 2.24) is 15.0 Å². The van der Waals surface area contributed by atoms with Crippen LogP contribution >= 0.6 is 11.8 Å². The molecule has 3 nitrogen and oxygen atoms in total. The first-order valence-electron chi connectivity index (χ1n) is 3.72. The third-order valence-corrected chi connectivity index (χ3v) is 2.33. The summed E-state index contributed by atoms with van der Waals surface area (Å²) in [4.78, 5) is 12.8. The highest BCUT2D eigenvalue weighted by Gasteiger charge is 1.95. The molecule has 2 aromatic rings. The molecule has 0 N–H and O–H groups in total. The SMILES string of the molecule is [c]1nccc(Sc2ccncc2)n1. The molecular formula is C9H6N3S. The smallest absolute Gasteiger partial charge is 0.198 e. The van der Waals surface area contributed by atoms with E-state index in [4.69, 9.17) is 0 Å². The van der Waals surface area contributed by atoms with Crippen molar-refractivity contribution in [1.29, 1.82) is 0 Å². The summed E-state index contributed by atoms with van der Waals surface area (Å²) in [5.74, 6) is 0. The largest absolute Gasteiger partial charge is 0.265 e. The molecular weight excluding hydrogens is 182 g/mol. The van der Waals surface area contributed by atoms with E-state index in [-0.39, 0.29) is 0 Å². The van der Waals surface area contributed by atoms with E-state index >= 15 is 0 Å². The number of hydrogen-bond acceptors (Lipinski definition) is 4. The van der Waals surface area contributed by atoms with Crippen molar-refractivity contribution < 1.29 is 0 Å². The van der Waals surface area contributed by atoms with E-state index < -0.39 is 0 Å². The lowest BCUT2D eigenvalue weighted by atomic mass is 10.5. The summed E-state index contributed by atoms with van der Waals surface area (Å²) in [5.41, 5.74) is 0. The minimum Gasteiger partial charge on any atom is -0.265 e. The normalized spacial score (nSPS) is 9.85. The second kappa shape index (κ2) is 4.00. The molecule has 0 atom stereocenters. The molecule has 0 aliphatic carbocycles.